The van der Waals surface area contributed by atoms with Crippen LogP contribution < -0.4 is 5.32 Å². The van der Waals surface area contributed by atoms with E-state index in [1.165, 1.54) is 0 Å². The van der Waals surface area contributed by atoms with E-state index >= 15 is 0 Å². The van der Waals surface area contributed by atoms with E-state index in [1.807, 2.05) is 37.0 Å². The Morgan fingerprint density at radius 3 is 2.90 bits per heavy atom. The van der Waals surface area contributed by atoms with Crippen LogP contribution >= 0.6 is 0 Å². The molecule has 0 saturated heterocycles. The lowest BCUT2D eigenvalue weighted by Gasteiger charge is -2.06. The number of carbonyl (C=O) groups is 1. The van der Waals surface area contributed by atoms with Gasteiger partial charge in [0, 0.05) is 31.0 Å². The predicted octanol–water partition coefficient (Wildman–Crippen LogP) is 2.32. The fraction of sp³-hybridized carbons (Fsp3) is 0.400. The number of aryl methyl sites for hydroxylation is 1. The number of unbranched alkanes of at least 4 members (excludes halogenated alkanes) is 1. The van der Waals surface area contributed by atoms with E-state index in [2.05, 4.69) is 22.3 Å². The molecule has 0 aliphatic carbocycles. The van der Waals surface area contributed by atoms with Crippen molar-refractivity contribution in [1.82, 2.24) is 20.1 Å². The predicted molar refractivity (Wildman–Crippen MR) is 78.4 cm³/mol. The normalized spacial score (nSPS) is 10.6. The smallest absolute Gasteiger partial charge is 0.269 e. The summed E-state index contributed by atoms with van der Waals surface area (Å²) >= 11 is 0. The van der Waals surface area contributed by atoms with E-state index in [0.717, 1.165) is 29.7 Å². The topological polar surface area (TPSA) is 59.8 Å². The van der Waals surface area contributed by atoms with Gasteiger partial charge >= 0.3 is 0 Å². The second kappa shape index (κ2) is 6.32. The highest BCUT2D eigenvalue weighted by molar-refractivity contribution is 5.93. The highest BCUT2D eigenvalue weighted by Gasteiger charge is 2.11. The Labute approximate surface area is 119 Å². The molecule has 0 fully saturated rings. The maximum atomic E-state index is 12.0. The Kier molecular flexibility index (Phi) is 4.50. The Bertz CT molecular complexity index is 604. The fourth-order valence-electron chi connectivity index (χ4n) is 1.97. The van der Waals surface area contributed by atoms with Crippen LogP contribution in [-0.4, -0.2) is 27.2 Å². The number of aromatic nitrogens is 3. The Balaban J connectivity index is 2.20. The Hall–Kier alpha value is -2.17. The number of rotatable bonds is 5. The van der Waals surface area contributed by atoms with Gasteiger partial charge in [-0.3, -0.25) is 14.5 Å². The molecule has 1 N–H and O–H groups in total. The van der Waals surface area contributed by atoms with Crippen molar-refractivity contribution in [3.05, 3.63) is 35.9 Å². The first kappa shape index (κ1) is 14.2. The number of hydrogen-bond donors (Lipinski definition) is 1. The maximum Gasteiger partial charge on any atom is 0.269 e. The lowest BCUT2D eigenvalue weighted by molar-refractivity contribution is 0.0948. The summed E-state index contributed by atoms with van der Waals surface area (Å²) in [5.74, 6) is -0.123. The maximum absolute atomic E-state index is 12.0. The van der Waals surface area contributed by atoms with Crippen LogP contribution in [0.25, 0.3) is 11.1 Å². The molecule has 0 unspecified atom stereocenters. The zero-order valence-electron chi connectivity index (χ0n) is 12.2. The van der Waals surface area contributed by atoms with Crippen LogP contribution in [0, 0.1) is 6.92 Å². The van der Waals surface area contributed by atoms with Crippen molar-refractivity contribution in [3.8, 4) is 11.1 Å². The fourth-order valence-corrected chi connectivity index (χ4v) is 1.97. The molecule has 2 heterocycles. The van der Waals surface area contributed by atoms with Crippen molar-refractivity contribution in [2.75, 3.05) is 6.54 Å². The summed E-state index contributed by atoms with van der Waals surface area (Å²) in [6.45, 7) is 4.78. The van der Waals surface area contributed by atoms with Gasteiger partial charge in [-0.2, -0.15) is 5.10 Å². The van der Waals surface area contributed by atoms with Gasteiger partial charge in [-0.05, 0) is 31.0 Å². The van der Waals surface area contributed by atoms with E-state index in [-0.39, 0.29) is 5.91 Å². The molecule has 0 aliphatic heterocycles. The second-order valence-electron chi connectivity index (χ2n) is 4.81. The van der Waals surface area contributed by atoms with Crippen molar-refractivity contribution in [3.63, 3.8) is 0 Å². The zero-order valence-corrected chi connectivity index (χ0v) is 12.2. The van der Waals surface area contributed by atoms with E-state index in [9.17, 15) is 4.79 Å². The van der Waals surface area contributed by atoms with Gasteiger partial charge < -0.3 is 5.32 Å². The minimum Gasteiger partial charge on any atom is -0.351 e. The lowest BCUT2D eigenvalue weighted by atomic mass is 10.1. The SMILES string of the molecule is CCCCNC(=O)c1cc(-c2cnn(C)c2C)ccn1. The molecule has 0 bridgehead atoms. The van der Waals surface area contributed by atoms with Crippen LogP contribution in [0.15, 0.2) is 24.5 Å². The van der Waals surface area contributed by atoms with Crippen molar-refractivity contribution in [1.29, 1.82) is 0 Å². The van der Waals surface area contributed by atoms with E-state index in [4.69, 9.17) is 0 Å². The molecule has 5 nitrogen and oxygen atoms in total. The van der Waals surface area contributed by atoms with Crippen LogP contribution in [0.4, 0.5) is 0 Å². The van der Waals surface area contributed by atoms with Crippen LogP contribution in [0.2, 0.25) is 0 Å². The van der Waals surface area contributed by atoms with Crippen LogP contribution in [0.1, 0.15) is 35.9 Å². The summed E-state index contributed by atoms with van der Waals surface area (Å²) in [5, 5.41) is 7.10. The molecule has 0 aliphatic rings. The van der Waals surface area contributed by atoms with Gasteiger partial charge in [0.2, 0.25) is 0 Å². The Morgan fingerprint density at radius 1 is 1.45 bits per heavy atom. The molecule has 0 saturated carbocycles. The third kappa shape index (κ3) is 3.04. The number of carbonyl (C=O) groups excluding carboxylic acids is 1. The average molecular weight is 272 g/mol. The number of amides is 1. The van der Waals surface area contributed by atoms with Crippen molar-refractivity contribution in [2.45, 2.75) is 26.7 Å². The summed E-state index contributed by atoms with van der Waals surface area (Å²) in [6.07, 6.45) is 5.51. The number of hydrogen-bond acceptors (Lipinski definition) is 3. The van der Waals surface area contributed by atoms with Gasteiger partial charge in [0.25, 0.3) is 5.91 Å². The van der Waals surface area contributed by atoms with Gasteiger partial charge in [0.1, 0.15) is 5.69 Å². The quantitative estimate of drug-likeness (QED) is 0.850. The molecular formula is C15H20N4O. The van der Waals surface area contributed by atoms with Crippen LogP contribution in [0.3, 0.4) is 0 Å². The van der Waals surface area contributed by atoms with Crippen molar-refractivity contribution >= 4 is 5.91 Å². The summed E-state index contributed by atoms with van der Waals surface area (Å²) in [6, 6.07) is 3.71. The van der Waals surface area contributed by atoms with Crippen molar-refractivity contribution in [2.24, 2.45) is 7.05 Å². The minimum absolute atomic E-state index is 0.123. The molecule has 1 amide bonds. The molecule has 106 valence electrons. The summed E-state index contributed by atoms with van der Waals surface area (Å²) < 4.78 is 1.82. The largest absolute Gasteiger partial charge is 0.351 e. The lowest BCUT2D eigenvalue weighted by Crippen LogP contribution is -2.25. The Morgan fingerprint density at radius 2 is 2.25 bits per heavy atom. The molecule has 0 atom stereocenters. The molecule has 2 aromatic heterocycles. The summed E-state index contributed by atoms with van der Waals surface area (Å²) in [5.41, 5.74) is 3.50. The first-order chi connectivity index (χ1) is 9.63. The summed E-state index contributed by atoms with van der Waals surface area (Å²) in [7, 11) is 1.90. The van der Waals surface area contributed by atoms with Gasteiger partial charge in [-0.25, -0.2) is 0 Å². The zero-order chi connectivity index (χ0) is 14.5. The van der Waals surface area contributed by atoms with Gasteiger partial charge in [0.15, 0.2) is 0 Å². The summed E-state index contributed by atoms with van der Waals surface area (Å²) in [4.78, 5) is 16.1. The molecule has 0 radical (unpaired) electrons. The van der Waals surface area contributed by atoms with Crippen LogP contribution in [-0.2, 0) is 7.05 Å². The first-order valence-electron chi connectivity index (χ1n) is 6.86. The van der Waals surface area contributed by atoms with Crippen LogP contribution in [0.5, 0.6) is 0 Å². The van der Waals surface area contributed by atoms with Gasteiger partial charge in [-0.15, -0.1) is 0 Å². The molecule has 0 aromatic carbocycles. The average Bonchev–Trinajstić information content (AvgIpc) is 2.79. The van der Waals surface area contributed by atoms with Gasteiger partial charge in [-0.1, -0.05) is 13.3 Å². The molecular weight excluding hydrogens is 252 g/mol. The number of nitrogens with zero attached hydrogens (tertiary/aromatic N) is 3. The van der Waals surface area contributed by atoms with E-state index < -0.39 is 0 Å². The molecule has 2 rings (SSSR count). The van der Waals surface area contributed by atoms with E-state index in [0.29, 0.717) is 12.2 Å². The van der Waals surface area contributed by atoms with Gasteiger partial charge in [0.05, 0.1) is 6.20 Å². The monoisotopic (exact) mass is 272 g/mol. The minimum atomic E-state index is -0.123. The second-order valence-corrected chi connectivity index (χ2v) is 4.81. The van der Waals surface area contributed by atoms with E-state index in [1.54, 1.807) is 6.20 Å². The number of nitrogens with one attached hydrogen (secondary N) is 1. The standard InChI is InChI=1S/C15H20N4O/c1-4-5-7-17-15(20)14-9-12(6-8-16-14)13-10-18-19(3)11(13)2/h6,8-10H,4-5,7H2,1-3H3,(H,17,20). The molecule has 0 spiro atoms. The first-order valence-corrected chi connectivity index (χ1v) is 6.86. The van der Waals surface area contributed by atoms with Crippen molar-refractivity contribution < 1.29 is 4.79 Å². The highest BCUT2D eigenvalue weighted by Crippen LogP contribution is 2.22. The highest BCUT2D eigenvalue weighted by atomic mass is 16.1. The third-order valence-corrected chi connectivity index (χ3v) is 3.35. The third-order valence-electron chi connectivity index (χ3n) is 3.35. The molecule has 20 heavy (non-hydrogen) atoms. The molecule has 2 aromatic rings. The number of pyridine rings is 1. The molecule has 5 heteroatoms.